The molecule has 4 aromatic rings. The van der Waals surface area contributed by atoms with Gasteiger partial charge in [-0.15, -0.1) is 0 Å². The van der Waals surface area contributed by atoms with Crippen LogP contribution in [0.1, 0.15) is 52.3 Å². The number of rotatable bonds is 15. The van der Waals surface area contributed by atoms with Gasteiger partial charge in [0.1, 0.15) is 22.8 Å². The van der Waals surface area contributed by atoms with Crippen molar-refractivity contribution in [2.75, 3.05) is 35.4 Å². The zero-order valence-electron chi connectivity index (χ0n) is 36.3. The van der Waals surface area contributed by atoms with Gasteiger partial charge in [0.2, 0.25) is 11.6 Å². The number of hydrazone groups is 2. The molecule has 2 aliphatic rings. The second-order valence-corrected chi connectivity index (χ2v) is 18.2. The van der Waals surface area contributed by atoms with E-state index in [0.717, 1.165) is 38.1 Å². The predicted molar refractivity (Wildman–Crippen MR) is 245 cm³/mol. The maximum Gasteiger partial charge on any atom is 1.00 e. The quantitative estimate of drug-likeness (QED) is 0.0561. The van der Waals surface area contributed by atoms with Crippen molar-refractivity contribution in [2.45, 2.75) is 53.4 Å². The van der Waals surface area contributed by atoms with Gasteiger partial charge in [0, 0.05) is 29.5 Å². The minimum Gasteiger partial charge on any atom is -0.330 e. The smallest absolute Gasteiger partial charge is 0.330 e. The van der Waals surface area contributed by atoms with Crippen molar-refractivity contribution in [2.24, 2.45) is 21.7 Å². The summed E-state index contributed by atoms with van der Waals surface area (Å²) >= 11 is 0. The Kier molecular flexibility index (Phi) is 19.6. The van der Waals surface area contributed by atoms with Crippen LogP contribution in [0.2, 0.25) is 0 Å². The Morgan fingerprint density at radius 2 is 0.937 bits per heavy atom. The van der Waals surface area contributed by atoms with Crippen molar-refractivity contribution >= 4 is 54.0 Å². The van der Waals surface area contributed by atoms with Crippen LogP contribution in [0.4, 0.5) is 11.4 Å². The number of anilines is 2. The minimum atomic E-state index is -3.47. The standard InChI is InChI=1S/2C18H18N4O4S.C6H16N2.Cr/c2*1-3-27(25,26)14-9-10-15(16(23)11-14)19-20-17-12(2)21-22(18(17)24)13-7-5-4-6-8-13;7-5-3-1-2-4-6-8;/h2*4-11,20-21H,3H2,1-2H3;1-8H2;/p+1/b2*19-15-;;. The number of aryl methyl sites for hydroxylation is 2. The first kappa shape index (κ1) is 51.4. The van der Waals surface area contributed by atoms with Crippen molar-refractivity contribution in [3.05, 3.63) is 139 Å². The van der Waals surface area contributed by atoms with Crippen LogP contribution in [0, 0.1) is 13.8 Å². The third kappa shape index (κ3) is 13.8. The second-order valence-electron chi connectivity index (χ2n) is 13.7. The first-order valence-electron chi connectivity index (χ1n) is 19.7. The van der Waals surface area contributed by atoms with Crippen LogP contribution in [0.15, 0.2) is 127 Å². The molecule has 63 heavy (non-hydrogen) atoms. The molecule has 6 rings (SSSR count). The van der Waals surface area contributed by atoms with Crippen molar-refractivity contribution in [1.29, 1.82) is 0 Å². The Labute approximate surface area is 378 Å². The van der Waals surface area contributed by atoms with Crippen LogP contribution >= 0.6 is 0 Å². The molecular formula is C42H53CrN10O8S2+. The molecule has 0 saturated heterocycles. The van der Waals surface area contributed by atoms with E-state index in [1.54, 1.807) is 38.1 Å². The molecule has 336 valence electrons. The maximum atomic E-state index is 12.6. The van der Waals surface area contributed by atoms with E-state index in [-0.39, 0.29) is 74.0 Å². The van der Waals surface area contributed by atoms with Gasteiger partial charge in [-0.05, 0) is 88.3 Å². The van der Waals surface area contributed by atoms with Crippen LogP contribution in [0.3, 0.4) is 0 Å². The number of carbonyl (C=O) groups is 2. The first-order chi connectivity index (χ1) is 29.6. The number of nitrogens with two attached hydrogens (primary N) is 2. The van der Waals surface area contributed by atoms with Crippen LogP contribution < -0.4 is 33.4 Å². The van der Waals surface area contributed by atoms with Crippen molar-refractivity contribution < 1.29 is 45.2 Å². The van der Waals surface area contributed by atoms with E-state index in [9.17, 15) is 36.0 Å². The summed E-state index contributed by atoms with van der Waals surface area (Å²) in [6.07, 6.45) is 12.1. The molecular weight excluding hydrogens is 889 g/mol. The summed E-state index contributed by atoms with van der Waals surface area (Å²) in [5.41, 5.74) is 17.9. The normalized spacial score (nSPS) is 14.8. The average molecular weight is 942 g/mol. The minimum absolute atomic E-state index is 0. The molecule has 0 unspecified atom stereocenters. The fraction of sp³-hybridized carbons (Fsp3) is 0.286. The molecule has 0 amide bonds. The van der Waals surface area contributed by atoms with Gasteiger partial charge in [0.25, 0.3) is 11.1 Å². The fourth-order valence-corrected chi connectivity index (χ4v) is 7.43. The molecule has 21 heteroatoms. The Morgan fingerprint density at radius 3 is 1.24 bits per heavy atom. The third-order valence-electron chi connectivity index (χ3n) is 9.25. The molecule has 0 aliphatic heterocycles. The van der Waals surface area contributed by atoms with Crippen molar-refractivity contribution in [1.82, 2.24) is 19.6 Å². The molecule has 0 atom stereocenters. The van der Waals surface area contributed by atoms with E-state index < -0.39 is 31.2 Å². The summed E-state index contributed by atoms with van der Waals surface area (Å²) in [5, 5.41) is 13.8. The number of H-pyrrole nitrogens is 2. The molecule has 2 aromatic heterocycles. The second kappa shape index (κ2) is 24.0. The summed E-state index contributed by atoms with van der Waals surface area (Å²) in [6, 6.07) is 18.0. The number of sulfone groups is 2. The molecule has 2 aromatic carbocycles. The zero-order valence-corrected chi connectivity index (χ0v) is 38.2. The molecule has 2 aliphatic carbocycles. The molecule has 0 spiro atoms. The Balaban J connectivity index is 0.000000367. The van der Waals surface area contributed by atoms with Gasteiger partial charge in [-0.25, -0.2) is 26.2 Å². The Bertz CT molecular complexity index is 2580. The largest absolute Gasteiger partial charge is 1.00 e. The molecule has 0 fully saturated rings. The van der Waals surface area contributed by atoms with Crippen molar-refractivity contribution in [3.63, 3.8) is 0 Å². The number of hydrogen-bond donors (Lipinski definition) is 6. The Hall–Kier alpha value is -5.95. The topological polar surface area (TPSA) is 279 Å². The number of unbranched alkanes of at least 4 members (excludes halogenated alkanes) is 3. The predicted octanol–water partition coefficient (Wildman–Crippen LogP) is 3.97. The van der Waals surface area contributed by atoms with Crippen molar-refractivity contribution in [3.8, 4) is 11.4 Å². The first-order valence-corrected chi connectivity index (χ1v) is 23.0. The van der Waals surface area contributed by atoms with Gasteiger partial charge in [-0.2, -0.15) is 10.2 Å². The van der Waals surface area contributed by atoms with Gasteiger partial charge in [0.15, 0.2) is 19.7 Å². The number of aromatic nitrogens is 4. The zero-order chi connectivity index (χ0) is 45.5. The summed E-state index contributed by atoms with van der Waals surface area (Å²) < 4.78 is 50.1. The van der Waals surface area contributed by atoms with Crippen LogP contribution in [-0.2, 0) is 46.6 Å². The number of hydrogen-bond acceptors (Lipinski definition) is 14. The molecule has 0 radical (unpaired) electrons. The number of allylic oxidation sites excluding steroid dienone is 6. The summed E-state index contributed by atoms with van der Waals surface area (Å²) in [6.45, 7) is 8.06. The average Bonchev–Trinajstić information content (AvgIpc) is 3.73. The fourth-order valence-electron chi connectivity index (χ4n) is 5.64. The van der Waals surface area contributed by atoms with Gasteiger partial charge in [-0.1, -0.05) is 63.1 Å². The number of ketones is 2. The molecule has 8 N–H and O–H groups in total. The monoisotopic (exact) mass is 941 g/mol. The van der Waals surface area contributed by atoms with E-state index in [1.807, 2.05) is 36.4 Å². The number of benzene rings is 2. The molecule has 2 heterocycles. The van der Waals surface area contributed by atoms with Crippen LogP contribution in [0.5, 0.6) is 0 Å². The number of carbonyl (C=O) groups excluding carboxylic acids is 2. The van der Waals surface area contributed by atoms with E-state index in [0.29, 0.717) is 22.8 Å². The van der Waals surface area contributed by atoms with E-state index in [2.05, 4.69) is 31.3 Å². The van der Waals surface area contributed by atoms with Gasteiger partial charge < -0.3 is 11.5 Å². The van der Waals surface area contributed by atoms with Crippen LogP contribution in [0.25, 0.3) is 11.4 Å². The van der Waals surface area contributed by atoms with Gasteiger partial charge in [-0.3, -0.25) is 40.2 Å². The maximum absolute atomic E-state index is 12.6. The number of para-hydroxylation sites is 2. The van der Waals surface area contributed by atoms with E-state index in [4.69, 9.17) is 11.5 Å². The van der Waals surface area contributed by atoms with E-state index in [1.165, 1.54) is 60.4 Å². The molecule has 18 nitrogen and oxygen atoms in total. The number of aromatic amines is 2. The van der Waals surface area contributed by atoms with Crippen LogP contribution in [-0.4, -0.2) is 84.0 Å². The Morgan fingerprint density at radius 1 is 0.587 bits per heavy atom. The summed E-state index contributed by atoms with van der Waals surface area (Å²) in [4.78, 5) is 49.3. The summed E-state index contributed by atoms with van der Waals surface area (Å²) in [5.74, 6) is -1.28. The van der Waals surface area contributed by atoms with Gasteiger partial charge in [0.05, 0.1) is 44.1 Å². The summed E-state index contributed by atoms with van der Waals surface area (Å²) in [7, 11) is -6.93. The van der Waals surface area contributed by atoms with Gasteiger partial charge >= 0.3 is 1.43 Å². The SMILES string of the molecule is CCS(=O)(=O)C1=CC(=O)/C(=N\Nc2c(C)[nH]n(-c3ccccc3)c2=O)C=C1.CCS(=O)(=O)C1=CC(=O)/C(=N\Nc2c(C)[nH]n(-c3ccccc3)c2=O)C=C1.NCCCCCCN.[Cr].[H+]. The third-order valence-corrected chi connectivity index (χ3v) is 12.7. The van der Waals surface area contributed by atoms with E-state index >= 15 is 0 Å². The number of nitrogens with zero attached hydrogens (tertiary/aromatic N) is 4. The number of nitrogens with one attached hydrogen (secondary N) is 4. The molecule has 0 saturated carbocycles. The molecule has 0 bridgehead atoms.